The summed E-state index contributed by atoms with van der Waals surface area (Å²) in [5, 5.41) is 3.44. The first-order chi connectivity index (χ1) is 5.75. The lowest BCUT2D eigenvalue weighted by Gasteiger charge is -2.23. The van der Waals surface area contributed by atoms with Crippen LogP contribution in [-0.2, 0) is 13.0 Å². The van der Waals surface area contributed by atoms with Crippen LogP contribution >= 0.6 is 15.9 Å². The van der Waals surface area contributed by atoms with Crippen LogP contribution in [0, 0.1) is 0 Å². The summed E-state index contributed by atoms with van der Waals surface area (Å²) >= 11 is 3.49. The van der Waals surface area contributed by atoms with E-state index in [4.69, 9.17) is 0 Å². The Balaban J connectivity index is 2.37. The SMILES string of the molecule is C[C@H]1Cc2cc(Br)ccc2CN1. The van der Waals surface area contributed by atoms with E-state index in [2.05, 4.69) is 46.4 Å². The first kappa shape index (κ1) is 8.27. The Morgan fingerprint density at radius 3 is 3.08 bits per heavy atom. The molecule has 1 aromatic rings. The third-order valence-corrected chi connectivity index (χ3v) is 2.83. The lowest BCUT2D eigenvalue weighted by Crippen LogP contribution is -2.32. The molecule has 0 amide bonds. The molecule has 0 aromatic heterocycles. The fourth-order valence-corrected chi connectivity index (χ4v) is 2.05. The van der Waals surface area contributed by atoms with Crippen molar-refractivity contribution in [2.75, 3.05) is 0 Å². The highest BCUT2D eigenvalue weighted by Gasteiger charge is 2.13. The minimum absolute atomic E-state index is 0.617. The van der Waals surface area contributed by atoms with Crippen LogP contribution in [0.2, 0.25) is 0 Å². The molecule has 64 valence electrons. The van der Waals surface area contributed by atoms with E-state index >= 15 is 0 Å². The largest absolute Gasteiger partial charge is 0.310 e. The van der Waals surface area contributed by atoms with E-state index in [1.54, 1.807) is 0 Å². The predicted octanol–water partition coefficient (Wildman–Crippen LogP) is 2.48. The highest BCUT2D eigenvalue weighted by molar-refractivity contribution is 9.10. The van der Waals surface area contributed by atoms with Crippen molar-refractivity contribution >= 4 is 15.9 Å². The zero-order valence-electron chi connectivity index (χ0n) is 7.10. The monoisotopic (exact) mass is 225 g/mol. The van der Waals surface area contributed by atoms with Crippen molar-refractivity contribution in [3.8, 4) is 0 Å². The maximum absolute atomic E-state index is 3.49. The maximum Gasteiger partial charge on any atom is 0.0210 e. The molecule has 1 nitrogen and oxygen atoms in total. The molecule has 0 saturated heterocycles. The van der Waals surface area contributed by atoms with Gasteiger partial charge < -0.3 is 5.32 Å². The first-order valence-corrected chi connectivity index (χ1v) is 5.05. The first-order valence-electron chi connectivity index (χ1n) is 4.26. The highest BCUT2D eigenvalue weighted by Crippen LogP contribution is 2.20. The van der Waals surface area contributed by atoms with Crippen LogP contribution in [0.25, 0.3) is 0 Å². The molecule has 0 bridgehead atoms. The van der Waals surface area contributed by atoms with Gasteiger partial charge in [0.15, 0.2) is 0 Å². The summed E-state index contributed by atoms with van der Waals surface area (Å²) in [5.74, 6) is 0. The number of halogens is 1. The van der Waals surface area contributed by atoms with Crippen LogP contribution in [0.5, 0.6) is 0 Å². The molecule has 1 aliphatic heterocycles. The van der Waals surface area contributed by atoms with Crippen LogP contribution < -0.4 is 5.32 Å². The van der Waals surface area contributed by atoms with Gasteiger partial charge in [0.1, 0.15) is 0 Å². The molecule has 0 fully saturated rings. The van der Waals surface area contributed by atoms with Crippen LogP contribution in [0.3, 0.4) is 0 Å². The van der Waals surface area contributed by atoms with Gasteiger partial charge in [0.05, 0.1) is 0 Å². The van der Waals surface area contributed by atoms with Crippen LogP contribution in [0.4, 0.5) is 0 Å². The Kier molecular flexibility index (Phi) is 2.20. The van der Waals surface area contributed by atoms with Crippen molar-refractivity contribution in [1.29, 1.82) is 0 Å². The van der Waals surface area contributed by atoms with E-state index in [0.29, 0.717) is 6.04 Å². The molecular formula is C10H12BrN. The van der Waals surface area contributed by atoms with Gasteiger partial charge >= 0.3 is 0 Å². The van der Waals surface area contributed by atoms with Gasteiger partial charge in [-0.1, -0.05) is 22.0 Å². The average molecular weight is 226 g/mol. The fourth-order valence-electron chi connectivity index (χ4n) is 1.64. The van der Waals surface area contributed by atoms with Crippen molar-refractivity contribution in [3.63, 3.8) is 0 Å². The van der Waals surface area contributed by atoms with E-state index in [0.717, 1.165) is 13.0 Å². The van der Waals surface area contributed by atoms with Crippen LogP contribution in [0.1, 0.15) is 18.1 Å². The number of fused-ring (bicyclic) bond motifs is 1. The normalized spacial score (nSPS) is 22.0. The molecule has 1 atom stereocenters. The molecule has 1 heterocycles. The second-order valence-electron chi connectivity index (χ2n) is 3.40. The minimum Gasteiger partial charge on any atom is -0.310 e. The summed E-state index contributed by atoms with van der Waals surface area (Å²) in [5.41, 5.74) is 2.92. The molecule has 0 spiro atoms. The Labute approximate surface area is 81.3 Å². The van der Waals surface area contributed by atoms with Gasteiger partial charge in [0, 0.05) is 17.1 Å². The van der Waals surface area contributed by atoms with Gasteiger partial charge in [-0.25, -0.2) is 0 Å². The van der Waals surface area contributed by atoms with E-state index < -0.39 is 0 Å². The molecule has 0 aliphatic carbocycles. The average Bonchev–Trinajstić information content (AvgIpc) is 2.03. The summed E-state index contributed by atoms with van der Waals surface area (Å²) in [7, 11) is 0. The number of benzene rings is 1. The molecule has 0 radical (unpaired) electrons. The number of nitrogens with one attached hydrogen (secondary N) is 1. The lowest BCUT2D eigenvalue weighted by atomic mass is 9.97. The summed E-state index contributed by atoms with van der Waals surface area (Å²) in [6.07, 6.45) is 1.15. The second-order valence-corrected chi connectivity index (χ2v) is 4.31. The standard InChI is InChI=1S/C10H12BrN/c1-7-4-9-5-10(11)3-2-8(9)6-12-7/h2-3,5,7,12H,4,6H2,1H3/t7-/m0/s1. The smallest absolute Gasteiger partial charge is 0.0210 e. The summed E-state index contributed by atoms with van der Waals surface area (Å²) < 4.78 is 1.19. The third-order valence-electron chi connectivity index (χ3n) is 2.34. The molecule has 2 rings (SSSR count). The molecule has 1 aromatic carbocycles. The van der Waals surface area contributed by atoms with Crippen molar-refractivity contribution in [2.24, 2.45) is 0 Å². The van der Waals surface area contributed by atoms with Gasteiger partial charge in [-0.05, 0) is 36.6 Å². The van der Waals surface area contributed by atoms with Crippen LogP contribution in [0.15, 0.2) is 22.7 Å². The molecule has 12 heavy (non-hydrogen) atoms. The van der Waals surface area contributed by atoms with Crippen molar-refractivity contribution in [1.82, 2.24) is 5.32 Å². The Hall–Kier alpha value is -0.340. The predicted molar refractivity (Wildman–Crippen MR) is 54.1 cm³/mol. The summed E-state index contributed by atoms with van der Waals surface area (Å²) in [6.45, 7) is 3.24. The van der Waals surface area contributed by atoms with E-state index in [1.807, 2.05) is 0 Å². The molecule has 1 aliphatic rings. The topological polar surface area (TPSA) is 12.0 Å². The zero-order chi connectivity index (χ0) is 8.55. The molecule has 0 saturated carbocycles. The van der Waals surface area contributed by atoms with Crippen molar-refractivity contribution < 1.29 is 0 Å². The number of rotatable bonds is 0. The second kappa shape index (κ2) is 3.19. The molecule has 1 N–H and O–H groups in total. The zero-order valence-corrected chi connectivity index (χ0v) is 8.69. The van der Waals surface area contributed by atoms with Gasteiger partial charge in [-0.2, -0.15) is 0 Å². The van der Waals surface area contributed by atoms with Crippen molar-refractivity contribution in [2.45, 2.75) is 25.9 Å². The van der Waals surface area contributed by atoms with Crippen molar-refractivity contribution in [3.05, 3.63) is 33.8 Å². The third kappa shape index (κ3) is 1.54. The summed E-state index contributed by atoms with van der Waals surface area (Å²) in [4.78, 5) is 0. The lowest BCUT2D eigenvalue weighted by molar-refractivity contribution is 0.513. The van der Waals surface area contributed by atoms with Gasteiger partial charge in [-0.15, -0.1) is 0 Å². The van der Waals surface area contributed by atoms with E-state index in [1.165, 1.54) is 15.6 Å². The quantitative estimate of drug-likeness (QED) is 0.716. The Bertz CT molecular complexity index is 296. The minimum atomic E-state index is 0.617. The molecule has 2 heteroatoms. The Morgan fingerprint density at radius 1 is 1.42 bits per heavy atom. The fraction of sp³-hybridized carbons (Fsp3) is 0.400. The van der Waals surface area contributed by atoms with Crippen LogP contribution in [-0.4, -0.2) is 6.04 Å². The molecular weight excluding hydrogens is 214 g/mol. The van der Waals surface area contributed by atoms with E-state index in [-0.39, 0.29) is 0 Å². The summed E-state index contributed by atoms with van der Waals surface area (Å²) in [6, 6.07) is 7.15. The maximum atomic E-state index is 3.49. The number of hydrogen-bond acceptors (Lipinski definition) is 1. The number of hydrogen-bond donors (Lipinski definition) is 1. The Morgan fingerprint density at radius 2 is 2.25 bits per heavy atom. The van der Waals surface area contributed by atoms with Gasteiger partial charge in [-0.3, -0.25) is 0 Å². The molecule has 0 unspecified atom stereocenters. The highest BCUT2D eigenvalue weighted by atomic mass is 79.9. The van der Waals surface area contributed by atoms with E-state index in [9.17, 15) is 0 Å². The van der Waals surface area contributed by atoms with Gasteiger partial charge in [0.2, 0.25) is 0 Å². The van der Waals surface area contributed by atoms with Gasteiger partial charge in [0.25, 0.3) is 0 Å².